The van der Waals surface area contributed by atoms with Gasteiger partial charge < -0.3 is 10.2 Å². The molecule has 1 aromatic rings. The highest BCUT2D eigenvalue weighted by atomic mass is 32.2. The van der Waals surface area contributed by atoms with Crippen molar-refractivity contribution in [2.45, 2.75) is 54.7 Å². The average molecular weight is 314 g/mol. The van der Waals surface area contributed by atoms with Crippen LogP contribution < -0.4 is 5.32 Å². The van der Waals surface area contributed by atoms with Crippen LogP contribution in [0.15, 0.2) is 4.34 Å². The molecule has 0 aliphatic heterocycles. The van der Waals surface area contributed by atoms with E-state index in [1.807, 2.05) is 6.92 Å². The molecule has 1 aliphatic carbocycles. The zero-order chi connectivity index (χ0) is 14.5. The molecule has 112 valence electrons. The average Bonchev–Trinajstić information content (AvgIpc) is 2.86. The largest absolute Gasteiger partial charge is 0.357 e. The van der Waals surface area contributed by atoms with Crippen LogP contribution in [0.5, 0.6) is 0 Å². The Bertz CT molecular complexity index is 443. The third kappa shape index (κ3) is 4.34. The van der Waals surface area contributed by atoms with Crippen LogP contribution in [0.1, 0.15) is 39.0 Å². The van der Waals surface area contributed by atoms with E-state index >= 15 is 0 Å². The maximum Gasteiger partial charge on any atom is 0.235 e. The van der Waals surface area contributed by atoms with Gasteiger partial charge in [-0.3, -0.25) is 4.79 Å². The second-order valence-corrected chi connectivity index (χ2v) is 7.91. The number of rotatable bonds is 5. The van der Waals surface area contributed by atoms with Crippen LogP contribution in [0, 0.1) is 0 Å². The Labute approximate surface area is 128 Å². The Hall–Kier alpha value is -0.820. The monoisotopic (exact) mass is 314 g/mol. The molecule has 1 unspecified atom stereocenters. The van der Waals surface area contributed by atoms with E-state index in [4.69, 9.17) is 0 Å². The summed E-state index contributed by atoms with van der Waals surface area (Å²) in [6.07, 6.45) is 6.38. The fourth-order valence-corrected chi connectivity index (χ4v) is 4.42. The van der Waals surface area contributed by atoms with Gasteiger partial charge in [-0.05, 0) is 19.8 Å². The number of amides is 1. The van der Waals surface area contributed by atoms with Crippen molar-refractivity contribution in [3.05, 3.63) is 0 Å². The van der Waals surface area contributed by atoms with E-state index in [-0.39, 0.29) is 11.2 Å². The molecule has 5 nitrogen and oxygen atoms in total. The highest BCUT2D eigenvalue weighted by Gasteiger charge is 2.19. The minimum absolute atomic E-state index is 0.104. The molecule has 1 heterocycles. The highest BCUT2D eigenvalue weighted by Crippen LogP contribution is 2.31. The third-order valence-corrected chi connectivity index (χ3v) is 5.43. The van der Waals surface area contributed by atoms with Gasteiger partial charge in [0.1, 0.15) is 0 Å². The molecule has 2 rings (SSSR count). The molecule has 1 aliphatic rings. The molecule has 0 bridgehead atoms. The van der Waals surface area contributed by atoms with Gasteiger partial charge in [0.05, 0.1) is 5.25 Å². The number of nitrogens with zero attached hydrogens (tertiary/aromatic N) is 3. The molecule has 1 atom stereocenters. The first-order valence-electron chi connectivity index (χ1n) is 7.04. The predicted molar refractivity (Wildman–Crippen MR) is 84.4 cm³/mol. The molecular formula is C13H22N4OS2. The Morgan fingerprint density at radius 1 is 1.35 bits per heavy atom. The van der Waals surface area contributed by atoms with Crippen molar-refractivity contribution in [2.24, 2.45) is 0 Å². The lowest BCUT2D eigenvalue weighted by Gasteiger charge is -2.21. The Balaban J connectivity index is 1.86. The summed E-state index contributed by atoms with van der Waals surface area (Å²) in [5.41, 5.74) is 0. The maximum absolute atomic E-state index is 11.8. The second kappa shape index (κ2) is 7.26. The Morgan fingerprint density at radius 2 is 2.05 bits per heavy atom. The van der Waals surface area contributed by atoms with Crippen molar-refractivity contribution in [1.82, 2.24) is 15.1 Å². The van der Waals surface area contributed by atoms with Gasteiger partial charge >= 0.3 is 0 Å². The van der Waals surface area contributed by atoms with Crippen LogP contribution in [0.4, 0.5) is 5.13 Å². The van der Waals surface area contributed by atoms with E-state index in [1.54, 1.807) is 30.3 Å². The van der Waals surface area contributed by atoms with Crippen LogP contribution in [0.25, 0.3) is 0 Å². The van der Waals surface area contributed by atoms with E-state index in [0.29, 0.717) is 6.04 Å². The first kappa shape index (κ1) is 15.6. The quantitative estimate of drug-likeness (QED) is 0.847. The van der Waals surface area contributed by atoms with Crippen molar-refractivity contribution in [3.8, 4) is 0 Å². The van der Waals surface area contributed by atoms with Gasteiger partial charge in [0.2, 0.25) is 11.0 Å². The topological polar surface area (TPSA) is 58.1 Å². The fraction of sp³-hybridized carbons (Fsp3) is 0.769. The van der Waals surface area contributed by atoms with Crippen LogP contribution >= 0.6 is 23.1 Å². The number of anilines is 1. The summed E-state index contributed by atoms with van der Waals surface area (Å²) < 4.78 is 0.853. The predicted octanol–water partition coefficient (Wildman–Crippen LogP) is 2.85. The van der Waals surface area contributed by atoms with Gasteiger partial charge in [0.25, 0.3) is 0 Å². The number of carbonyl (C=O) groups is 1. The number of thioether (sulfide) groups is 1. The van der Waals surface area contributed by atoms with Crippen LogP contribution in [-0.2, 0) is 4.79 Å². The normalized spacial score (nSPS) is 17.8. The molecule has 0 radical (unpaired) electrons. The number of hydrogen-bond donors (Lipinski definition) is 1. The van der Waals surface area contributed by atoms with Gasteiger partial charge in [0, 0.05) is 20.1 Å². The lowest BCUT2D eigenvalue weighted by Crippen LogP contribution is -2.29. The van der Waals surface area contributed by atoms with E-state index < -0.39 is 0 Å². The number of carbonyl (C=O) groups excluding carboxylic acids is 1. The molecule has 1 fully saturated rings. The lowest BCUT2D eigenvalue weighted by atomic mass is 9.96. The first-order valence-corrected chi connectivity index (χ1v) is 8.73. The summed E-state index contributed by atoms with van der Waals surface area (Å²) in [5, 5.41) is 12.6. The van der Waals surface area contributed by atoms with Gasteiger partial charge in [-0.15, -0.1) is 10.2 Å². The molecule has 7 heteroatoms. The zero-order valence-corrected chi connectivity index (χ0v) is 13.9. The van der Waals surface area contributed by atoms with Crippen molar-refractivity contribution in [2.75, 3.05) is 19.4 Å². The molecule has 1 aromatic heterocycles. The minimum Gasteiger partial charge on any atom is -0.357 e. The zero-order valence-electron chi connectivity index (χ0n) is 12.3. The molecule has 1 N–H and O–H groups in total. The molecule has 0 spiro atoms. The fourth-order valence-electron chi connectivity index (χ4n) is 2.30. The molecule has 1 saturated carbocycles. The number of hydrogen-bond acceptors (Lipinski definition) is 6. The van der Waals surface area contributed by atoms with Crippen molar-refractivity contribution in [3.63, 3.8) is 0 Å². The second-order valence-electron chi connectivity index (χ2n) is 5.35. The van der Waals surface area contributed by atoms with Crippen LogP contribution in [0.3, 0.4) is 0 Å². The first-order chi connectivity index (χ1) is 9.56. The highest BCUT2D eigenvalue weighted by molar-refractivity contribution is 8.02. The number of aromatic nitrogens is 2. The molecule has 0 aromatic carbocycles. The number of nitrogens with one attached hydrogen (secondary N) is 1. The minimum atomic E-state index is -0.125. The van der Waals surface area contributed by atoms with E-state index in [9.17, 15) is 4.79 Å². The van der Waals surface area contributed by atoms with E-state index in [0.717, 1.165) is 9.47 Å². The van der Waals surface area contributed by atoms with Gasteiger partial charge in [-0.25, -0.2) is 0 Å². The molecule has 1 amide bonds. The third-order valence-electron chi connectivity index (χ3n) is 3.41. The lowest BCUT2D eigenvalue weighted by molar-refractivity contribution is -0.127. The summed E-state index contributed by atoms with van der Waals surface area (Å²) in [6, 6.07) is 0.537. The van der Waals surface area contributed by atoms with Gasteiger partial charge in [-0.2, -0.15) is 0 Å². The van der Waals surface area contributed by atoms with Crippen LogP contribution in [-0.4, -0.2) is 46.4 Å². The van der Waals surface area contributed by atoms with Crippen molar-refractivity contribution < 1.29 is 4.79 Å². The Morgan fingerprint density at radius 3 is 2.70 bits per heavy atom. The molecular weight excluding hydrogens is 292 g/mol. The smallest absolute Gasteiger partial charge is 0.235 e. The summed E-state index contributed by atoms with van der Waals surface area (Å²) in [6.45, 7) is 1.91. The SMILES string of the molecule is CC(Sc1nnc(NC2CCCCC2)s1)C(=O)N(C)C. The summed E-state index contributed by atoms with van der Waals surface area (Å²) in [4.78, 5) is 13.4. The van der Waals surface area contributed by atoms with Crippen molar-refractivity contribution in [1.29, 1.82) is 0 Å². The summed E-state index contributed by atoms with van der Waals surface area (Å²) in [5.74, 6) is 0.104. The van der Waals surface area contributed by atoms with Gasteiger partial charge in [0.15, 0.2) is 4.34 Å². The van der Waals surface area contributed by atoms with Crippen molar-refractivity contribution >= 4 is 34.1 Å². The van der Waals surface area contributed by atoms with Crippen LogP contribution in [0.2, 0.25) is 0 Å². The van der Waals surface area contributed by atoms with E-state index in [2.05, 4.69) is 15.5 Å². The Kier molecular flexibility index (Phi) is 5.65. The summed E-state index contributed by atoms with van der Waals surface area (Å²) in [7, 11) is 3.55. The summed E-state index contributed by atoms with van der Waals surface area (Å²) >= 11 is 3.02. The molecule has 0 saturated heterocycles. The van der Waals surface area contributed by atoms with E-state index in [1.165, 1.54) is 43.9 Å². The van der Waals surface area contributed by atoms with Gasteiger partial charge in [-0.1, -0.05) is 42.4 Å². The molecule has 20 heavy (non-hydrogen) atoms. The standard InChI is InChI=1S/C13H22N4OS2/c1-9(11(18)17(2)3)19-13-16-15-12(20-13)14-10-7-5-4-6-8-10/h9-10H,4-8H2,1-3H3,(H,14,15). The maximum atomic E-state index is 11.8.